The van der Waals surface area contributed by atoms with E-state index in [1.807, 2.05) is 14.0 Å². The van der Waals surface area contributed by atoms with Crippen LogP contribution >= 0.6 is 12.6 Å². The highest BCUT2D eigenvalue weighted by atomic mass is 32.1. The lowest BCUT2D eigenvalue weighted by Gasteiger charge is -2.32. The van der Waals surface area contributed by atoms with Crippen molar-refractivity contribution in [3.63, 3.8) is 0 Å². The summed E-state index contributed by atoms with van der Waals surface area (Å²) in [5.74, 6) is 0. The maximum atomic E-state index is 4.72. The van der Waals surface area contributed by atoms with Crippen molar-refractivity contribution in [1.29, 1.82) is 0 Å². The lowest BCUT2D eigenvalue weighted by Crippen LogP contribution is -2.58. The fourth-order valence-electron chi connectivity index (χ4n) is 2.58. The third kappa shape index (κ3) is 6.98. The molecular formula is C15H33B2N3S. The summed E-state index contributed by atoms with van der Waals surface area (Å²) < 4.78 is 2.27. The Morgan fingerprint density at radius 3 is 2.24 bits per heavy atom. The molecule has 0 unspecified atom stereocenters. The molecule has 2 N–H and O–H groups in total. The van der Waals surface area contributed by atoms with Gasteiger partial charge >= 0.3 is 6.98 Å². The molecule has 0 aliphatic heterocycles. The molecule has 0 rings (SSSR count). The van der Waals surface area contributed by atoms with Crippen molar-refractivity contribution in [3.8, 4) is 0 Å². The molecule has 0 atom stereocenters. The third-order valence-electron chi connectivity index (χ3n) is 3.72. The van der Waals surface area contributed by atoms with Gasteiger partial charge in [0.05, 0.1) is 0 Å². The highest BCUT2D eigenvalue weighted by molar-refractivity contribution is 7.82. The van der Waals surface area contributed by atoms with E-state index in [9.17, 15) is 0 Å². The molecule has 0 fully saturated rings. The second-order valence-electron chi connectivity index (χ2n) is 6.12. The number of nitrogens with one attached hydrogen (secondary N) is 2. The van der Waals surface area contributed by atoms with Gasteiger partial charge in [0.1, 0.15) is 0 Å². The second-order valence-corrected chi connectivity index (χ2v) is 7.24. The Bertz CT molecular complexity index is 364. The van der Waals surface area contributed by atoms with E-state index in [0.717, 1.165) is 13.0 Å². The predicted octanol–water partition coefficient (Wildman–Crippen LogP) is 3.30. The molecule has 0 saturated heterocycles. The summed E-state index contributed by atoms with van der Waals surface area (Å²) in [5.41, 5.74) is 2.42. The first-order valence-electron chi connectivity index (χ1n) is 7.94. The largest absolute Gasteiger partial charge is 0.419 e. The standard InChI is InChI=1S/C15H33B2N3S/c1-9-11-14(15(4,5)21)13(3)19-17(7)20(12-10-2)16(6)18-8/h9,11,18-19,21H,10,12H2,1-8H3/b11-9-,14-13-. The van der Waals surface area contributed by atoms with Crippen molar-refractivity contribution < 1.29 is 0 Å². The Hall–Kier alpha value is -0.320. The molecule has 0 spiro atoms. The van der Waals surface area contributed by atoms with Crippen LogP contribution in [-0.4, -0.2) is 37.0 Å². The summed E-state index contributed by atoms with van der Waals surface area (Å²) >= 11 is 4.72. The minimum atomic E-state index is -0.159. The van der Waals surface area contributed by atoms with E-state index in [2.05, 4.69) is 68.7 Å². The van der Waals surface area contributed by atoms with Crippen LogP contribution < -0.4 is 10.5 Å². The Labute approximate surface area is 138 Å². The third-order valence-corrected chi connectivity index (χ3v) is 3.96. The molecule has 120 valence electrons. The van der Waals surface area contributed by atoms with Crippen molar-refractivity contribution in [1.82, 2.24) is 15.2 Å². The molecule has 0 heterocycles. The average Bonchev–Trinajstić information content (AvgIpc) is 2.39. The fraction of sp³-hybridized carbons (Fsp3) is 0.733. The van der Waals surface area contributed by atoms with Crippen LogP contribution in [0.4, 0.5) is 0 Å². The molecule has 0 aromatic carbocycles. The van der Waals surface area contributed by atoms with E-state index >= 15 is 0 Å². The maximum Gasteiger partial charge on any atom is 0.326 e. The molecule has 21 heavy (non-hydrogen) atoms. The van der Waals surface area contributed by atoms with Gasteiger partial charge in [0.2, 0.25) is 0 Å². The van der Waals surface area contributed by atoms with Crippen LogP contribution in [0.1, 0.15) is 41.0 Å². The molecule has 3 nitrogen and oxygen atoms in total. The van der Waals surface area contributed by atoms with E-state index in [-0.39, 0.29) is 11.7 Å². The van der Waals surface area contributed by atoms with E-state index in [0.29, 0.717) is 6.98 Å². The molecule has 0 aromatic rings. The van der Waals surface area contributed by atoms with Crippen molar-refractivity contribution in [2.45, 2.75) is 59.4 Å². The zero-order valence-electron chi connectivity index (χ0n) is 15.1. The predicted molar refractivity (Wildman–Crippen MR) is 103 cm³/mol. The van der Waals surface area contributed by atoms with Crippen LogP contribution in [0.2, 0.25) is 13.6 Å². The SMILES string of the molecule is C/C=C\C(=C(/C)NB(C)N(CCC)B(C)NC)C(C)(C)S. The summed E-state index contributed by atoms with van der Waals surface area (Å²) in [6, 6.07) is 0. The van der Waals surface area contributed by atoms with Crippen LogP contribution in [0.3, 0.4) is 0 Å². The van der Waals surface area contributed by atoms with Gasteiger partial charge < -0.3 is 15.2 Å². The second kappa shape index (κ2) is 9.65. The highest BCUT2D eigenvalue weighted by Gasteiger charge is 2.26. The molecule has 0 aromatic heterocycles. The van der Waals surface area contributed by atoms with Gasteiger partial charge in [-0.05, 0) is 53.3 Å². The molecule has 0 amide bonds. The minimum absolute atomic E-state index is 0.159. The number of rotatable bonds is 9. The Balaban J connectivity index is 5.20. The number of hydrogen-bond acceptors (Lipinski definition) is 4. The first kappa shape index (κ1) is 20.7. The maximum absolute atomic E-state index is 4.72. The molecule has 0 radical (unpaired) electrons. The van der Waals surface area contributed by atoms with Gasteiger partial charge in [-0.3, -0.25) is 0 Å². The zero-order chi connectivity index (χ0) is 16.6. The van der Waals surface area contributed by atoms with Crippen LogP contribution in [-0.2, 0) is 0 Å². The Morgan fingerprint density at radius 2 is 1.86 bits per heavy atom. The average molecular weight is 309 g/mol. The van der Waals surface area contributed by atoms with Crippen molar-refractivity contribution >= 4 is 26.6 Å². The first-order chi connectivity index (χ1) is 9.68. The minimum Gasteiger partial charge on any atom is -0.419 e. The normalized spacial score (nSPS) is 13.6. The van der Waals surface area contributed by atoms with Gasteiger partial charge in [-0.1, -0.05) is 32.7 Å². The first-order valence-corrected chi connectivity index (χ1v) is 8.39. The van der Waals surface area contributed by atoms with Gasteiger partial charge in [0.25, 0.3) is 6.98 Å². The summed E-state index contributed by atoms with van der Waals surface area (Å²) in [5, 5.41) is 6.97. The monoisotopic (exact) mass is 309 g/mol. The van der Waals surface area contributed by atoms with E-state index in [4.69, 9.17) is 12.6 Å². The molecule has 0 bridgehead atoms. The van der Waals surface area contributed by atoms with Crippen LogP contribution in [0.25, 0.3) is 0 Å². The smallest absolute Gasteiger partial charge is 0.326 e. The van der Waals surface area contributed by atoms with Gasteiger partial charge in [0.15, 0.2) is 0 Å². The van der Waals surface area contributed by atoms with Crippen LogP contribution in [0, 0.1) is 0 Å². The number of hydrogen-bond donors (Lipinski definition) is 3. The Morgan fingerprint density at radius 1 is 1.29 bits per heavy atom. The topological polar surface area (TPSA) is 27.3 Å². The van der Waals surface area contributed by atoms with Gasteiger partial charge in [-0.25, -0.2) is 0 Å². The highest BCUT2D eigenvalue weighted by Crippen LogP contribution is 2.26. The van der Waals surface area contributed by atoms with Crippen molar-refractivity contribution in [2.75, 3.05) is 13.6 Å². The number of allylic oxidation sites excluding steroid dienone is 3. The van der Waals surface area contributed by atoms with E-state index in [1.165, 1.54) is 11.3 Å². The molecule has 0 saturated carbocycles. The van der Waals surface area contributed by atoms with Crippen LogP contribution in [0.5, 0.6) is 0 Å². The zero-order valence-corrected chi connectivity index (χ0v) is 16.0. The summed E-state index contributed by atoms with van der Waals surface area (Å²) in [7, 11) is 2.00. The Kier molecular flexibility index (Phi) is 9.50. The molecule has 6 heteroatoms. The molecular weight excluding hydrogens is 276 g/mol. The fourth-order valence-corrected chi connectivity index (χ4v) is 2.82. The van der Waals surface area contributed by atoms with Gasteiger partial charge in [-0.2, -0.15) is 12.6 Å². The lowest BCUT2D eigenvalue weighted by molar-refractivity contribution is 0.604. The molecule has 0 aliphatic carbocycles. The van der Waals surface area contributed by atoms with E-state index < -0.39 is 0 Å². The summed E-state index contributed by atoms with van der Waals surface area (Å²) in [6.45, 7) is 16.7. The summed E-state index contributed by atoms with van der Waals surface area (Å²) in [4.78, 5) is 0. The van der Waals surface area contributed by atoms with Gasteiger partial charge in [0, 0.05) is 10.4 Å². The van der Waals surface area contributed by atoms with Crippen molar-refractivity contribution in [3.05, 3.63) is 23.4 Å². The quantitative estimate of drug-likeness (QED) is 0.346. The van der Waals surface area contributed by atoms with E-state index in [1.54, 1.807) is 0 Å². The van der Waals surface area contributed by atoms with Gasteiger partial charge in [-0.15, -0.1) is 0 Å². The van der Waals surface area contributed by atoms with Crippen LogP contribution in [0.15, 0.2) is 23.4 Å². The molecule has 0 aliphatic rings. The number of nitrogens with zero attached hydrogens (tertiary/aromatic N) is 1. The summed E-state index contributed by atoms with van der Waals surface area (Å²) in [6.07, 6.45) is 5.36. The lowest BCUT2D eigenvalue weighted by atomic mass is 9.62. The number of thiol groups is 1. The van der Waals surface area contributed by atoms with Crippen molar-refractivity contribution in [2.24, 2.45) is 0 Å².